The van der Waals surface area contributed by atoms with Crippen molar-refractivity contribution in [1.82, 2.24) is 10.1 Å². The molecule has 2 aliphatic heterocycles. The molecule has 4 rings (SSSR count). The molecule has 1 aromatic carbocycles. The molecule has 0 N–H and O–H groups in total. The van der Waals surface area contributed by atoms with Crippen molar-refractivity contribution < 1.29 is 18.8 Å². The molecule has 0 saturated carbocycles. The standard InChI is InChI=1S/C23H30N2O4S/c1-16-21(17(2)29-24-16)15-30-22-8-4-3-7-20(22)23(26)25-11-9-18(10-12-25)28-14-19-6-5-13-27-19/h3-4,7-8,18-19H,5-6,9-15H2,1-2H3/t19-/m0/s1. The highest BCUT2D eigenvalue weighted by atomic mass is 32.2. The normalized spacial score (nSPS) is 20.1. The van der Waals surface area contributed by atoms with Crippen LogP contribution in [0, 0.1) is 13.8 Å². The molecule has 0 bridgehead atoms. The second-order valence-corrected chi connectivity index (χ2v) is 9.06. The van der Waals surface area contributed by atoms with Crippen LogP contribution in [0.25, 0.3) is 0 Å². The van der Waals surface area contributed by atoms with Gasteiger partial charge in [0.15, 0.2) is 0 Å². The van der Waals surface area contributed by atoms with Crippen LogP contribution in [0.5, 0.6) is 0 Å². The molecule has 2 saturated heterocycles. The van der Waals surface area contributed by atoms with E-state index >= 15 is 0 Å². The maximum absolute atomic E-state index is 13.2. The van der Waals surface area contributed by atoms with E-state index in [1.54, 1.807) is 11.8 Å². The maximum Gasteiger partial charge on any atom is 0.254 e. The van der Waals surface area contributed by atoms with Crippen molar-refractivity contribution in [3.63, 3.8) is 0 Å². The summed E-state index contributed by atoms with van der Waals surface area (Å²) in [7, 11) is 0. The zero-order chi connectivity index (χ0) is 20.9. The Morgan fingerprint density at radius 1 is 1.23 bits per heavy atom. The Balaban J connectivity index is 1.32. The summed E-state index contributed by atoms with van der Waals surface area (Å²) in [5, 5.41) is 4.02. The van der Waals surface area contributed by atoms with Gasteiger partial charge in [-0.05, 0) is 51.7 Å². The maximum atomic E-state index is 13.2. The van der Waals surface area contributed by atoms with Gasteiger partial charge >= 0.3 is 0 Å². The van der Waals surface area contributed by atoms with Crippen LogP contribution in [0.4, 0.5) is 0 Å². The predicted octanol–water partition coefficient (Wildman–Crippen LogP) is 4.38. The fourth-order valence-corrected chi connectivity index (χ4v) is 5.24. The second-order valence-electron chi connectivity index (χ2n) is 8.05. The van der Waals surface area contributed by atoms with E-state index in [2.05, 4.69) is 5.16 Å². The minimum Gasteiger partial charge on any atom is -0.376 e. The molecular weight excluding hydrogens is 400 g/mol. The molecule has 1 atom stereocenters. The molecule has 3 heterocycles. The Labute approximate surface area is 182 Å². The number of carbonyl (C=O) groups is 1. The summed E-state index contributed by atoms with van der Waals surface area (Å²) in [6.45, 7) is 6.89. The van der Waals surface area contributed by atoms with E-state index in [1.807, 2.05) is 43.0 Å². The monoisotopic (exact) mass is 430 g/mol. The molecule has 2 aliphatic rings. The summed E-state index contributed by atoms with van der Waals surface area (Å²) < 4.78 is 16.9. The van der Waals surface area contributed by atoms with Crippen molar-refractivity contribution in [2.24, 2.45) is 0 Å². The molecular formula is C23H30N2O4S. The molecule has 0 aliphatic carbocycles. The van der Waals surface area contributed by atoms with Crippen LogP contribution in [-0.2, 0) is 15.2 Å². The number of hydrogen-bond acceptors (Lipinski definition) is 6. The molecule has 30 heavy (non-hydrogen) atoms. The lowest BCUT2D eigenvalue weighted by Gasteiger charge is -2.32. The van der Waals surface area contributed by atoms with Crippen LogP contribution >= 0.6 is 11.8 Å². The van der Waals surface area contributed by atoms with Crippen LogP contribution in [-0.4, -0.2) is 54.5 Å². The van der Waals surface area contributed by atoms with Crippen molar-refractivity contribution in [2.75, 3.05) is 26.3 Å². The van der Waals surface area contributed by atoms with Crippen LogP contribution in [0.15, 0.2) is 33.7 Å². The highest BCUT2D eigenvalue weighted by Crippen LogP contribution is 2.30. The largest absolute Gasteiger partial charge is 0.376 e. The summed E-state index contributed by atoms with van der Waals surface area (Å²) >= 11 is 1.66. The second kappa shape index (κ2) is 9.98. The van der Waals surface area contributed by atoms with E-state index in [-0.39, 0.29) is 18.1 Å². The molecule has 2 aromatic rings. The number of amides is 1. The summed E-state index contributed by atoms with van der Waals surface area (Å²) in [6.07, 6.45) is 4.47. The Morgan fingerprint density at radius 3 is 2.73 bits per heavy atom. The summed E-state index contributed by atoms with van der Waals surface area (Å²) in [6, 6.07) is 7.87. The van der Waals surface area contributed by atoms with Crippen LogP contribution < -0.4 is 0 Å². The Kier molecular flexibility index (Phi) is 7.12. The van der Waals surface area contributed by atoms with Gasteiger partial charge in [0, 0.05) is 35.9 Å². The molecule has 2 fully saturated rings. The van der Waals surface area contributed by atoms with Crippen molar-refractivity contribution in [3.8, 4) is 0 Å². The van der Waals surface area contributed by atoms with Gasteiger partial charge in [0.25, 0.3) is 5.91 Å². The van der Waals surface area contributed by atoms with Gasteiger partial charge in [0.1, 0.15) is 5.76 Å². The summed E-state index contributed by atoms with van der Waals surface area (Å²) in [4.78, 5) is 16.2. The fourth-order valence-electron chi connectivity index (χ4n) is 4.04. The Morgan fingerprint density at radius 2 is 2.03 bits per heavy atom. The van der Waals surface area contributed by atoms with Gasteiger partial charge < -0.3 is 18.9 Å². The lowest BCUT2D eigenvalue weighted by molar-refractivity contribution is -0.0395. The zero-order valence-corrected chi connectivity index (χ0v) is 18.6. The van der Waals surface area contributed by atoms with Crippen molar-refractivity contribution >= 4 is 17.7 Å². The minimum atomic E-state index is 0.106. The zero-order valence-electron chi connectivity index (χ0n) is 17.8. The fraction of sp³-hybridized carbons (Fsp3) is 0.565. The number of likely N-dealkylation sites (tertiary alicyclic amines) is 1. The number of carbonyl (C=O) groups excluding carboxylic acids is 1. The number of thioether (sulfide) groups is 1. The average Bonchev–Trinajstić information content (AvgIpc) is 3.41. The van der Waals surface area contributed by atoms with Crippen molar-refractivity contribution in [2.45, 2.75) is 62.4 Å². The lowest BCUT2D eigenvalue weighted by atomic mass is 10.1. The quantitative estimate of drug-likeness (QED) is 0.607. The van der Waals surface area contributed by atoms with Gasteiger partial charge in [-0.1, -0.05) is 17.3 Å². The molecule has 0 unspecified atom stereocenters. The number of aryl methyl sites for hydroxylation is 2. The van der Waals surface area contributed by atoms with Gasteiger partial charge in [0.2, 0.25) is 0 Å². The SMILES string of the molecule is Cc1noc(C)c1CSc1ccccc1C(=O)N1CCC(OC[C@@H]2CCCO2)CC1. The topological polar surface area (TPSA) is 64.8 Å². The van der Waals surface area contributed by atoms with E-state index in [1.165, 1.54) is 0 Å². The molecule has 1 aromatic heterocycles. The lowest BCUT2D eigenvalue weighted by Crippen LogP contribution is -2.41. The van der Waals surface area contributed by atoms with Gasteiger partial charge in [-0.15, -0.1) is 11.8 Å². The van der Waals surface area contributed by atoms with Crippen LogP contribution in [0.2, 0.25) is 0 Å². The van der Waals surface area contributed by atoms with E-state index in [4.69, 9.17) is 14.0 Å². The molecule has 6 nitrogen and oxygen atoms in total. The number of ether oxygens (including phenoxy) is 2. The summed E-state index contributed by atoms with van der Waals surface area (Å²) in [5.41, 5.74) is 2.79. The van der Waals surface area contributed by atoms with Gasteiger partial charge in [-0.2, -0.15) is 0 Å². The smallest absolute Gasteiger partial charge is 0.254 e. The molecule has 1 amide bonds. The third kappa shape index (κ3) is 5.07. The molecule has 0 spiro atoms. The summed E-state index contributed by atoms with van der Waals surface area (Å²) in [5.74, 6) is 1.69. The van der Waals surface area contributed by atoms with Crippen LogP contribution in [0.1, 0.15) is 53.1 Å². The van der Waals surface area contributed by atoms with Crippen LogP contribution in [0.3, 0.4) is 0 Å². The first-order valence-electron chi connectivity index (χ1n) is 10.8. The third-order valence-corrected chi connectivity index (χ3v) is 7.04. The van der Waals surface area contributed by atoms with E-state index in [9.17, 15) is 4.79 Å². The van der Waals surface area contributed by atoms with Gasteiger partial charge in [0.05, 0.1) is 30.1 Å². The average molecular weight is 431 g/mol. The van der Waals surface area contributed by atoms with E-state index < -0.39 is 0 Å². The number of piperidine rings is 1. The van der Waals surface area contributed by atoms with Crippen molar-refractivity contribution in [3.05, 3.63) is 46.8 Å². The first kappa shape index (κ1) is 21.4. The number of benzene rings is 1. The minimum absolute atomic E-state index is 0.106. The Bertz CT molecular complexity index is 835. The molecule has 162 valence electrons. The number of rotatable bonds is 7. The van der Waals surface area contributed by atoms with Crippen molar-refractivity contribution in [1.29, 1.82) is 0 Å². The predicted molar refractivity (Wildman–Crippen MR) is 116 cm³/mol. The molecule has 7 heteroatoms. The highest BCUT2D eigenvalue weighted by Gasteiger charge is 2.27. The first-order valence-corrected chi connectivity index (χ1v) is 11.8. The number of aromatic nitrogens is 1. The first-order chi connectivity index (χ1) is 14.6. The van der Waals surface area contributed by atoms with Gasteiger partial charge in [-0.25, -0.2) is 0 Å². The molecule has 0 radical (unpaired) electrons. The number of hydrogen-bond donors (Lipinski definition) is 0. The Hall–Kier alpha value is -1.83. The highest BCUT2D eigenvalue weighted by molar-refractivity contribution is 7.98. The number of nitrogens with zero attached hydrogens (tertiary/aromatic N) is 2. The van der Waals surface area contributed by atoms with E-state index in [0.717, 1.165) is 78.6 Å². The third-order valence-electron chi connectivity index (χ3n) is 5.94. The van der Waals surface area contributed by atoms with E-state index in [0.29, 0.717) is 6.61 Å². The van der Waals surface area contributed by atoms with Gasteiger partial charge in [-0.3, -0.25) is 4.79 Å².